The van der Waals surface area contributed by atoms with Crippen LogP contribution in [0.2, 0.25) is 0 Å². The van der Waals surface area contributed by atoms with E-state index in [1.807, 2.05) is 18.2 Å². The first-order chi connectivity index (χ1) is 10.1. The molecule has 0 aromatic heterocycles. The molecule has 0 spiro atoms. The van der Waals surface area contributed by atoms with Gasteiger partial charge in [-0.25, -0.2) is 4.39 Å². The van der Waals surface area contributed by atoms with Crippen molar-refractivity contribution in [1.82, 2.24) is 0 Å². The van der Waals surface area contributed by atoms with Gasteiger partial charge in [-0.15, -0.1) is 0 Å². The molecule has 1 unspecified atom stereocenters. The van der Waals surface area contributed by atoms with Gasteiger partial charge in [0.25, 0.3) is 0 Å². The Labute approximate surface area is 132 Å². The van der Waals surface area contributed by atoms with Crippen LogP contribution in [0.5, 0.6) is 11.5 Å². The highest BCUT2D eigenvalue weighted by atomic mass is 79.9. The van der Waals surface area contributed by atoms with Gasteiger partial charge in [-0.1, -0.05) is 34.1 Å². The summed E-state index contributed by atoms with van der Waals surface area (Å²) < 4.78 is 25.4. The van der Waals surface area contributed by atoms with Crippen LogP contribution in [0.4, 0.5) is 4.39 Å². The van der Waals surface area contributed by atoms with E-state index in [4.69, 9.17) is 15.2 Å². The molecular formula is C16H17BrFNO2. The molecule has 2 aromatic rings. The van der Waals surface area contributed by atoms with Crippen LogP contribution < -0.4 is 15.2 Å². The minimum Gasteiger partial charge on any atom is -0.496 e. The molecule has 5 heteroatoms. The average molecular weight is 354 g/mol. The lowest BCUT2D eigenvalue weighted by Gasteiger charge is -2.17. The fraction of sp³-hybridized carbons (Fsp3) is 0.250. The van der Waals surface area contributed by atoms with Crippen LogP contribution in [-0.2, 0) is 6.42 Å². The van der Waals surface area contributed by atoms with Gasteiger partial charge in [0.15, 0.2) is 11.6 Å². The van der Waals surface area contributed by atoms with E-state index in [1.165, 1.54) is 7.11 Å². The summed E-state index contributed by atoms with van der Waals surface area (Å²) in [4.78, 5) is 0. The van der Waals surface area contributed by atoms with Crippen LogP contribution >= 0.6 is 15.9 Å². The molecule has 2 rings (SSSR count). The summed E-state index contributed by atoms with van der Waals surface area (Å²) in [6.07, 6.45) is 0.362. The molecule has 0 aliphatic rings. The van der Waals surface area contributed by atoms with Crippen LogP contribution in [0.3, 0.4) is 0 Å². The van der Waals surface area contributed by atoms with E-state index < -0.39 is 0 Å². The smallest absolute Gasteiger partial charge is 0.168 e. The zero-order valence-corrected chi connectivity index (χ0v) is 13.5. The molecule has 21 heavy (non-hydrogen) atoms. The van der Waals surface area contributed by atoms with Crippen molar-refractivity contribution in [2.75, 3.05) is 14.2 Å². The Balaban J connectivity index is 2.28. The van der Waals surface area contributed by atoms with Crippen molar-refractivity contribution < 1.29 is 13.9 Å². The van der Waals surface area contributed by atoms with Gasteiger partial charge in [0.2, 0.25) is 0 Å². The molecular weight excluding hydrogens is 337 g/mol. The molecule has 0 heterocycles. The molecule has 2 aromatic carbocycles. The second kappa shape index (κ2) is 6.91. The Morgan fingerprint density at radius 1 is 1.14 bits per heavy atom. The lowest BCUT2D eigenvalue weighted by atomic mass is 9.98. The Morgan fingerprint density at radius 2 is 1.86 bits per heavy atom. The molecule has 0 amide bonds. The maximum atomic E-state index is 14.2. The summed E-state index contributed by atoms with van der Waals surface area (Å²) in [5.41, 5.74) is 7.57. The summed E-state index contributed by atoms with van der Waals surface area (Å²) in [5, 5.41) is 0. The Morgan fingerprint density at radius 3 is 2.52 bits per heavy atom. The maximum Gasteiger partial charge on any atom is 0.168 e. The fourth-order valence-corrected chi connectivity index (χ4v) is 2.55. The van der Waals surface area contributed by atoms with E-state index in [-0.39, 0.29) is 17.6 Å². The highest BCUT2D eigenvalue weighted by Gasteiger charge is 2.16. The van der Waals surface area contributed by atoms with Crippen molar-refractivity contribution in [3.8, 4) is 11.5 Å². The van der Waals surface area contributed by atoms with Gasteiger partial charge in [0.1, 0.15) is 5.75 Å². The lowest BCUT2D eigenvalue weighted by Crippen LogP contribution is -2.15. The quantitative estimate of drug-likeness (QED) is 0.887. The van der Waals surface area contributed by atoms with Crippen LogP contribution in [0.15, 0.2) is 40.9 Å². The molecule has 0 radical (unpaired) electrons. The van der Waals surface area contributed by atoms with Gasteiger partial charge in [0.05, 0.1) is 14.2 Å². The maximum absolute atomic E-state index is 14.2. The van der Waals surface area contributed by atoms with E-state index in [1.54, 1.807) is 25.3 Å². The third-order valence-corrected chi connectivity index (χ3v) is 3.79. The number of rotatable bonds is 5. The molecule has 1 atom stereocenters. The van der Waals surface area contributed by atoms with E-state index in [0.29, 0.717) is 17.7 Å². The fourth-order valence-electron chi connectivity index (χ4n) is 2.21. The van der Waals surface area contributed by atoms with Gasteiger partial charge in [-0.2, -0.15) is 0 Å². The van der Waals surface area contributed by atoms with Crippen LogP contribution in [0.25, 0.3) is 0 Å². The first-order valence-corrected chi connectivity index (χ1v) is 7.26. The molecule has 0 aliphatic carbocycles. The average Bonchev–Trinajstić information content (AvgIpc) is 2.49. The number of hydrogen-bond donors (Lipinski definition) is 1. The van der Waals surface area contributed by atoms with Crippen molar-refractivity contribution >= 4 is 15.9 Å². The van der Waals surface area contributed by atoms with E-state index in [9.17, 15) is 4.39 Å². The standard InChI is InChI=1S/C16H17BrFNO2/c1-20-14-5-3-4-10(16(14)18)8-13(19)12-7-6-11(17)9-15(12)21-2/h3-7,9,13H,8,19H2,1-2H3. The van der Waals surface area contributed by atoms with Gasteiger partial charge in [-0.3, -0.25) is 0 Å². The first-order valence-electron chi connectivity index (χ1n) is 6.47. The summed E-state index contributed by atoms with van der Waals surface area (Å²) >= 11 is 3.39. The minimum atomic E-state index is -0.369. The number of ether oxygens (including phenoxy) is 2. The Bertz CT molecular complexity index is 634. The molecule has 0 fully saturated rings. The summed E-state index contributed by atoms with van der Waals surface area (Å²) in [5.74, 6) is 0.536. The van der Waals surface area contributed by atoms with E-state index in [0.717, 1.165) is 10.0 Å². The van der Waals surface area contributed by atoms with Crippen LogP contribution in [0.1, 0.15) is 17.2 Å². The normalized spacial score (nSPS) is 12.0. The summed E-state index contributed by atoms with van der Waals surface area (Å²) in [6, 6.07) is 10.3. The van der Waals surface area contributed by atoms with Crippen molar-refractivity contribution in [2.45, 2.75) is 12.5 Å². The van der Waals surface area contributed by atoms with Gasteiger partial charge in [0, 0.05) is 16.1 Å². The molecule has 112 valence electrons. The van der Waals surface area contributed by atoms with E-state index in [2.05, 4.69) is 15.9 Å². The van der Waals surface area contributed by atoms with E-state index >= 15 is 0 Å². The number of hydrogen-bond acceptors (Lipinski definition) is 3. The number of methoxy groups -OCH3 is 2. The lowest BCUT2D eigenvalue weighted by molar-refractivity contribution is 0.383. The number of benzene rings is 2. The third-order valence-electron chi connectivity index (χ3n) is 3.30. The second-order valence-corrected chi connectivity index (χ2v) is 5.55. The predicted octanol–water partition coefficient (Wildman–Crippen LogP) is 3.85. The van der Waals surface area contributed by atoms with Gasteiger partial charge >= 0.3 is 0 Å². The first kappa shape index (κ1) is 15.8. The molecule has 0 aliphatic heterocycles. The monoisotopic (exact) mass is 353 g/mol. The molecule has 0 saturated heterocycles. The zero-order chi connectivity index (χ0) is 15.4. The SMILES string of the molecule is COc1cc(Br)ccc1C(N)Cc1cccc(OC)c1F. The molecule has 2 N–H and O–H groups in total. The summed E-state index contributed by atoms with van der Waals surface area (Å²) in [7, 11) is 3.03. The topological polar surface area (TPSA) is 44.5 Å². The number of nitrogens with two attached hydrogens (primary N) is 1. The minimum absolute atomic E-state index is 0.225. The third kappa shape index (κ3) is 3.54. The van der Waals surface area contributed by atoms with Crippen molar-refractivity contribution in [2.24, 2.45) is 5.73 Å². The highest BCUT2D eigenvalue weighted by molar-refractivity contribution is 9.10. The second-order valence-electron chi connectivity index (χ2n) is 4.63. The highest BCUT2D eigenvalue weighted by Crippen LogP contribution is 2.30. The Kier molecular flexibility index (Phi) is 5.20. The zero-order valence-electron chi connectivity index (χ0n) is 11.9. The van der Waals surface area contributed by atoms with Crippen LogP contribution in [0, 0.1) is 5.82 Å². The molecule has 0 saturated carbocycles. The molecule has 3 nitrogen and oxygen atoms in total. The van der Waals surface area contributed by atoms with Crippen molar-refractivity contribution in [3.05, 3.63) is 57.8 Å². The largest absolute Gasteiger partial charge is 0.496 e. The van der Waals surface area contributed by atoms with Crippen molar-refractivity contribution in [3.63, 3.8) is 0 Å². The Hall–Kier alpha value is -1.59. The van der Waals surface area contributed by atoms with Crippen LogP contribution in [-0.4, -0.2) is 14.2 Å². The van der Waals surface area contributed by atoms with Crippen molar-refractivity contribution in [1.29, 1.82) is 0 Å². The van der Waals surface area contributed by atoms with Gasteiger partial charge in [-0.05, 0) is 30.2 Å². The predicted molar refractivity (Wildman–Crippen MR) is 84.3 cm³/mol. The molecule has 0 bridgehead atoms. The number of halogens is 2. The summed E-state index contributed by atoms with van der Waals surface area (Å²) in [6.45, 7) is 0. The van der Waals surface area contributed by atoms with Gasteiger partial charge < -0.3 is 15.2 Å².